The minimum Gasteiger partial charge on any atom is -0.389 e. The van der Waals surface area contributed by atoms with Crippen molar-refractivity contribution in [1.82, 2.24) is 0 Å². The lowest BCUT2D eigenvalue weighted by atomic mass is 9.51. The van der Waals surface area contributed by atoms with E-state index < -0.39 is 5.60 Å². The molecule has 37 heavy (non-hydrogen) atoms. The second kappa shape index (κ2) is 8.58. The summed E-state index contributed by atoms with van der Waals surface area (Å²) in [6, 6.07) is 8.92. The molecular weight excluding hydrogens is 458 g/mol. The number of allylic oxidation sites excluding steroid dienone is 4. The number of rotatable bonds is 2. The number of aliphatic hydroxyl groups is 2. The average molecular weight is 500 g/mol. The molecule has 0 bridgehead atoms. The quantitative estimate of drug-likeness (QED) is 0.524. The molecule has 1 saturated heterocycles. The number of aliphatic hydroxyl groups excluding tert-OH is 1. The van der Waals surface area contributed by atoms with Crippen molar-refractivity contribution in [1.29, 1.82) is 0 Å². The molecule has 4 nitrogen and oxygen atoms in total. The Labute approximate surface area is 221 Å². The molecule has 196 valence electrons. The van der Waals surface area contributed by atoms with Gasteiger partial charge in [-0.1, -0.05) is 36.5 Å². The van der Waals surface area contributed by atoms with E-state index in [-0.39, 0.29) is 28.6 Å². The smallest absolute Gasteiger partial charge is 0.156 e. The van der Waals surface area contributed by atoms with Gasteiger partial charge in [-0.2, -0.15) is 0 Å². The zero-order chi connectivity index (χ0) is 26.2. The molecule has 0 radical (unpaired) electrons. The number of anilines is 1. The summed E-state index contributed by atoms with van der Waals surface area (Å²) in [6.45, 7) is 10.0. The lowest BCUT2D eigenvalue weighted by molar-refractivity contribution is -0.114. The molecule has 0 aromatic heterocycles. The fourth-order valence-electron chi connectivity index (χ4n) is 8.04. The molecule has 0 unspecified atom stereocenters. The van der Waals surface area contributed by atoms with Crippen LogP contribution in [0.3, 0.4) is 0 Å². The third-order valence-electron chi connectivity index (χ3n) is 10.1. The van der Waals surface area contributed by atoms with E-state index in [0.717, 1.165) is 44.2 Å². The normalized spacial score (nSPS) is 35.6. The summed E-state index contributed by atoms with van der Waals surface area (Å²) in [5.74, 6) is 8.13. The fourth-order valence-corrected chi connectivity index (χ4v) is 8.04. The molecular formula is C33H41NO3. The Kier molecular flexibility index (Phi) is 5.79. The molecule has 1 aromatic carbocycles. The summed E-state index contributed by atoms with van der Waals surface area (Å²) in [7, 11) is 0. The zero-order valence-electron chi connectivity index (χ0n) is 22.8. The SMILES string of the molecule is CC(C)(C)C#C[C@]1(O)CC[C@H]2[C@@H]3CCC4=CC(=O)CCC4=C3[C@@H](c3ccc(N4CC(O)C4)cc3)C[C@@]21C. The van der Waals surface area contributed by atoms with Crippen LogP contribution in [0, 0.1) is 34.5 Å². The van der Waals surface area contributed by atoms with E-state index >= 15 is 0 Å². The van der Waals surface area contributed by atoms with Gasteiger partial charge in [-0.15, -0.1) is 0 Å². The van der Waals surface area contributed by atoms with Gasteiger partial charge >= 0.3 is 0 Å². The number of carbonyl (C=O) groups excluding carboxylic acids is 1. The van der Waals surface area contributed by atoms with Crippen LogP contribution >= 0.6 is 0 Å². The number of β-amino-alcohol motifs (C(OH)–C–C–N with tert-alkyl or cyclic N) is 1. The van der Waals surface area contributed by atoms with Gasteiger partial charge in [0.1, 0.15) is 5.60 Å². The third kappa shape index (κ3) is 4.10. The standard InChI is InChI=1S/C33H41NO3/c1-31(2,3)15-16-33(37)14-13-29-27-11-7-22-17-24(35)10-12-26(22)30(27)28(18-32(29,33)4)21-5-8-23(9-6-21)34-19-25(36)20-34/h5-6,8-9,17,25,27-29,36-37H,7,10-14,18-20H2,1-4H3/t27-,28+,29-,32-,33+/m0/s1. The van der Waals surface area contributed by atoms with Gasteiger partial charge in [0, 0.05) is 41.9 Å². The Hall–Kier alpha value is -2.35. The van der Waals surface area contributed by atoms with E-state index in [9.17, 15) is 15.0 Å². The Morgan fingerprint density at radius 1 is 1.05 bits per heavy atom. The topological polar surface area (TPSA) is 60.8 Å². The van der Waals surface area contributed by atoms with E-state index in [1.165, 1.54) is 16.7 Å². The van der Waals surface area contributed by atoms with E-state index in [1.54, 1.807) is 5.57 Å². The second-order valence-corrected chi connectivity index (χ2v) is 13.5. The Morgan fingerprint density at radius 2 is 1.78 bits per heavy atom. The van der Waals surface area contributed by atoms with Crippen molar-refractivity contribution < 1.29 is 15.0 Å². The molecule has 5 aliphatic rings. The first kappa shape index (κ1) is 25.0. The Balaban J connectivity index is 1.44. The van der Waals surface area contributed by atoms with Crippen LogP contribution in [-0.4, -0.2) is 40.8 Å². The van der Waals surface area contributed by atoms with E-state index in [2.05, 4.69) is 68.7 Å². The van der Waals surface area contributed by atoms with E-state index in [4.69, 9.17) is 0 Å². The number of nitrogens with zero attached hydrogens (tertiary/aromatic N) is 1. The molecule has 4 heteroatoms. The highest BCUT2D eigenvalue weighted by Gasteiger charge is 2.62. The van der Waals surface area contributed by atoms with Crippen molar-refractivity contribution in [2.24, 2.45) is 22.7 Å². The maximum Gasteiger partial charge on any atom is 0.156 e. The van der Waals surface area contributed by atoms with Gasteiger partial charge in [0.2, 0.25) is 0 Å². The number of fused-ring (bicyclic) bond motifs is 4. The summed E-state index contributed by atoms with van der Waals surface area (Å²) in [5, 5.41) is 21.9. The second-order valence-electron chi connectivity index (χ2n) is 13.5. The predicted molar refractivity (Wildman–Crippen MR) is 147 cm³/mol. The molecule has 0 spiro atoms. The highest BCUT2D eigenvalue weighted by Crippen LogP contribution is 2.66. The van der Waals surface area contributed by atoms with Crippen LogP contribution in [0.5, 0.6) is 0 Å². The van der Waals surface area contributed by atoms with Crippen LogP contribution in [0.2, 0.25) is 0 Å². The van der Waals surface area contributed by atoms with Gasteiger partial charge in [0.15, 0.2) is 5.78 Å². The van der Waals surface area contributed by atoms with E-state index in [0.29, 0.717) is 31.3 Å². The average Bonchev–Trinajstić information content (AvgIpc) is 3.10. The first-order chi connectivity index (χ1) is 17.5. The molecule has 5 atom stereocenters. The minimum absolute atomic E-state index is 0.148. The van der Waals surface area contributed by atoms with Gasteiger partial charge < -0.3 is 15.1 Å². The lowest BCUT2D eigenvalue weighted by Crippen LogP contribution is -2.51. The highest BCUT2D eigenvalue weighted by atomic mass is 16.3. The largest absolute Gasteiger partial charge is 0.389 e. The van der Waals surface area contributed by atoms with Crippen LogP contribution in [-0.2, 0) is 4.79 Å². The molecule has 2 saturated carbocycles. The van der Waals surface area contributed by atoms with Crippen molar-refractivity contribution in [2.75, 3.05) is 18.0 Å². The summed E-state index contributed by atoms with van der Waals surface area (Å²) < 4.78 is 0. The fraction of sp³-hybridized carbons (Fsp3) is 0.606. The van der Waals surface area contributed by atoms with Gasteiger partial charge in [-0.25, -0.2) is 0 Å². The number of ketones is 1. The van der Waals surface area contributed by atoms with Gasteiger partial charge in [0.25, 0.3) is 0 Å². The maximum absolute atomic E-state index is 12.3. The molecule has 0 amide bonds. The zero-order valence-corrected chi connectivity index (χ0v) is 22.8. The van der Waals surface area contributed by atoms with Crippen LogP contribution in [0.15, 0.2) is 47.1 Å². The van der Waals surface area contributed by atoms with Crippen LogP contribution < -0.4 is 4.90 Å². The van der Waals surface area contributed by atoms with Crippen molar-refractivity contribution >= 4 is 11.5 Å². The van der Waals surface area contributed by atoms with Crippen molar-refractivity contribution in [3.63, 3.8) is 0 Å². The van der Waals surface area contributed by atoms with E-state index in [1.807, 2.05) is 6.08 Å². The number of benzene rings is 1. The van der Waals surface area contributed by atoms with Crippen LogP contribution in [0.1, 0.15) is 84.1 Å². The van der Waals surface area contributed by atoms with Crippen molar-refractivity contribution in [3.8, 4) is 11.8 Å². The first-order valence-electron chi connectivity index (χ1n) is 14.2. The van der Waals surface area contributed by atoms with Crippen molar-refractivity contribution in [3.05, 3.63) is 52.6 Å². The summed E-state index contributed by atoms with van der Waals surface area (Å²) in [6.07, 6.45) is 7.82. The first-order valence-corrected chi connectivity index (χ1v) is 14.2. The number of hydrogen-bond acceptors (Lipinski definition) is 4. The molecule has 4 aliphatic carbocycles. The number of carbonyl (C=O) groups is 1. The van der Waals surface area contributed by atoms with Gasteiger partial charge in [0.05, 0.1) is 6.10 Å². The van der Waals surface area contributed by atoms with Crippen molar-refractivity contribution in [2.45, 2.75) is 90.3 Å². The monoisotopic (exact) mass is 499 g/mol. The summed E-state index contributed by atoms with van der Waals surface area (Å²) in [4.78, 5) is 14.5. The molecule has 3 fully saturated rings. The van der Waals surface area contributed by atoms with Crippen LogP contribution in [0.4, 0.5) is 5.69 Å². The molecule has 1 aliphatic heterocycles. The van der Waals surface area contributed by atoms with Gasteiger partial charge in [-0.05, 0) is 106 Å². The number of hydrogen-bond donors (Lipinski definition) is 2. The van der Waals surface area contributed by atoms with Crippen LogP contribution in [0.25, 0.3) is 0 Å². The molecule has 1 aromatic rings. The third-order valence-corrected chi connectivity index (χ3v) is 10.1. The van der Waals surface area contributed by atoms with Gasteiger partial charge in [-0.3, -0.25) is 4.79 Å². The Bertz CT molecular complexity index is 1230. The lowest BCUT2D eigenvalue weighted by Gasteiger charge is -2.53. The summed E-state index contributed by atoms with van der Waals surface area (Å²) in [5.41, 5.74) is 5.30. The Morgan fingerprint density at radius 3 is 2.46 bits per heavy atom. The maximum atomic E-state index is 12.3. The minimum atomic E-state index is -0.980. The predicted octanol–water partition coefficient (Wildman–Crippen LogP) is 5.55. The highest BCUT2D eigenvalue weighted by molar-refractivity contribution is 5.93. The molecule has 6 rings (SSSR count). The summed E-state index contributed by atoms with van der Waals surface area (Å²) >= 11 is 0. The molecule has 1 heterocycles. The molecule has 2 N–H and O–H groups in total.